The molecule has 1 unspecified atom stereocenters. The lowest BCUT2D eigenvalue weighted by atomic mass is 9.90. The maximum absolute atomic E-state index is 13.7. The van der Waals surface area contributed by atoms with Crippen LogP contribution in [0.3, 0.4) is 0 Å². The van der Waals surface area contributed by atoms with E-state index in [0.717, 1.165) is 0 Å². The topological polar surface area (TPSA) is 59.8 Å². The number of hydrogen-bond acceptors (Lipinski definition) is 3. The van der Waals surface area contributed by atoms with Crippen molar-refractivity contribution in [3.8, 4) is 0 Å². The van der Waals surface area contributed by atoms with E-state index in [4.69, 9.17) is 0 Å². The molecular formula is C14H13F3N4O. The van der Waals surface area contributed by atoms with Crippen LogP contribution in [0.2, 0.25) is 0 Å². The molecule has 5 nitrogen and oxygen atoms in total. The average molecular weight is 310 g/mol. The number of rotatable bonds is 2. The second-order valence-corrected chi connectivity index (χ2v) is 5.26. The average Bonchev–Trinajstić information content (AvgIpc) is 3.04. The second-order valence-electron chi connectivity index (χ2n) is 5.26. The highest BCUT2D eigenvalue weighted by Gasteiger charge is 2.59. The zero-order valence-corrected chi connectivity index (χ0v) is 11.7. The summed E-state index contributed by atoms with van der Waals surface area (Å²) in [6.07, 6.45) is -3.32. The summed E-state index contributed by atoms with van der Waals surface area (Å²) in [5, 5.41) is 5.86. The number of fused-ring (bicyclic) bond motifs is 1. The fourth-order valence-electron chi connectivity index (χ4n) is 2.80. The summed E-state index contributed by atoms with van der Waals surface area (Å²) in [5.74, 6) is -1.22. The summed E-state index contributed by atoms with van der Waals surface area (Å²) in [4.78, 5) is 15.8. The first-order valence-electron chi connectivity index (χ1n) is 6.67. The van der Waals surface area contributed by atoms with Crippen LogP contribution >= 0.6 is 0 Å². The minimum Gasteiger partial charge on any atom is -0.331 e. The maximum Gasteiger partial charge on any atom is 0.415 e. The molecule has 1 aromatic carbocycles. The van der Waals surface area contributed by atoms with Crippen molar-refractivity contribution in [2.24, 2.45) is 7.05 Å². The van der Waals surface area contributed by atoms with E-state index in [0.29, 0.717) is 5.56 Å². The second kappa shape index (κ2) is 4.82. The van der Waals surface area contributed by atoms with Crippen molar-refractivity contribution >= 4 is 5.91 Å². The molecule has 116 valence electrons. The molecule has 0 fully saturated rings. The maximum atomic E-state index is 13.7. The van der Waals surface area contributed by atoms with Crippen LogP contribution in [0, 0.1) is 0 Å². The molecule has 0 aliphatic heterocycles. The van der Waals surface area contributed by atoms with Gasteiger partial charge < -0.3 is 5.32 Å². The Bertz CT molecular complexity index is 725. The lowest BCUT2D eigenvalue weighted by Gasteiger charge is -2.33. The Balaban J connectivity index is 2.01. The summed E-state index contributed by atoms with van der Waals surface area (Å²) >= 11 is 0. The first kappa shape index (κ1) is 14.6. The molecule has 1 amide bonds. The van der Waals surface area contributed by atoms with Gasteiger partial charge in [-0.3, -0.25) is 9.48 Å². The van der Waals surface area contributed by atoms with E-state index in [1.54, 1.807) is 12.1 Å². The van der Waals surface area contributed by atoms with Crippen LogP contribution in [0.5, 0.6) is 0 Å². The van der Waals surface area contributed by atoms with Gasteiger partial charge in [-0.1, -0.05) is 24.3 Å². The van der Waals surface area contributed by atoms with Crippen molar-refractivity contribution in [2.75, 3.05) is 0 Å². The third kappa shape index (κ3) is 2.15. The SMILES string of the molecule is Cn1cnc(C(=O)NC2(C(F)(F)F)CCc3ccccc32)n1. The summed E-state index contributed by atoms with van der Waals surface area (Å²) in [6.45, 7) is 0. The Morgan fingerprint density at radius 1 is 1.36 bits per heavy atom. The summed E-state index contributed by atoms with van der Waals surface area (Å²) in [7, 11) is 1.54. The van der Waals surface area contributed by atoms with Crippen molar-refractivity contribution in [3.63, 3.8) is 0 Å². The van der Waals surface area contributed by atoms with Crippen molar-refractivity contribution in [2.45, 2.75) is 24.6 Å². The van der Waals surface area contributed by atoms with Crippen LogP contribution in [-0.2, 0) is 19.0 Å². The number of hydrogen-bond donors (Lipinski definition) is 1. The fourth-order valence-corrected chi connectivity index (χ4v) is 2.80. The van der Waals surface area contributed by atoms with Crippen LogP contribution in [0.15, 0.2) is 30.6 Å². The molecule has 3 rings (SSSR count). The smallest absolute Gasteiger partial charge is 0.331 e. The lowest BCUT2D eigenvalue weighted by molar-refractivity contribution is -0.197. The van der Waals surface area contributed by atoms with Crippen LogP contribution in [-0.4, -0.2) is 26.8 Å². The highest BCUT2D eigenvalue weighted by molar-refractivity contribution is 5.91. The number of nitrogens with one attached hydrogen (secondary N) is 1. The van der Waals surface area contributed by atoms with Crippen LogP contribution < -0.4 is 5.32 Å². The van der Waals surface area contributed by atoms with Crippen molar-refractivity contribution in [1.82, 2.24) is 20.1 Å². The summed E-state index contributed by atoms with van der Waals surface area (Å²) < 4.78 is 42.4. The van der Waals surface area contributed by atoms with E-state index < -0.39 is 17.6 Å². The molecule has 2 aromatic rings. The normalized spacial score (nSPS) is 20.7. The first-order chi connectivity index (χ1) is 10.3. The molecule has 0 saturated carbocycles. The standard InChI is InChI=1S/C14H13F3N4O/c1-21-8-18-11(20-21)12(22)19-13(14(15,16)17)7-6-9-4-2-3-5-10(9)13/h2-5,8H,6-7H2,1H3,(H,19,22). The lowest BCUT2D eigenvalue weighted by Crippen LogP contribution is -2.55. The van der Waals surface area contributed by atoms with Gasteiger partial charge in [0.05, 0.1) is 0 Å². The van der Waals surface area contributed by atoms with Gasteiger partial charge in [-0.25, -0.2) is 4.98 Å². The Hall–Kier alpha value is -2.38. The number of aromatic nitrogens is 3. The van der Waals surface area contributed by atoms with Gasteiger partial charge in [-0.05, 0) is 24.0 Å². The van der Waals surface area contributed by atoms with Gasteiger partial charge >= 0.3 is 6.18 Å². The van der Waals surface area contributed by atoms with Gasteiger partial charge in [-0.15, -0.1) is 5.10 Å². The molecule has 1 aromatic heterocycles. The number of alkyl halides is 3. The Kier molecular flexibility index (Phi) is 3.19. The predicted molar refractivity (Wildman–Crippen MR) is 71.0 cm³/mol. The fraction of sp³-hybridized carbons (Fsp3) is 0.357. The van der Waals surface area contributed by atoms with E-state index >= 15 is 0 Å². The minimum absolute atomic E-state index is 0.0896. The minimum atomic E-state index is -4.61. The third-order valence-electron chi connectivity index (χ3n) is 3.86. The van der Waals surface area contributed by atoms with Crippen LogP contribution in [0.4, 0.5) is 13.2 Å². The van der Waals surface area contributed by atoms with Crippen LogP contribution in [0.1, 0.15) is 28.2 Å². The van der Waals surface area contributed by atoms with E-state index in [1.807, 2.05) is 0 Å². The van der Waals surface area contributed by atoms with Gasteiger partial charge in [0.1, 0.15) is 6.33 Å². The Morgan fingerprint density at radius 3 is 2.73 bits per heavy atom. The molecule has 1 aliphatic carbocycles. The van der Waals surface area contributed by atoms with Crippen molar-refractivity contribution in [1.29, 1.82) is 0 Å². The monoisotopic (exact) mass is 310 g/mol. The molecule has 1 heterocycles. The van der Waals surface area contributed by atoms with E-state index in [2.05, 4.69) is 15.4 Å². The summed E-state index contributed by atoms with van der Waals surface area (Å²) in [5.41, 5.74) is -1.71. The molecule has 1 atom stereocenters. The Morgan fingerprint density at radius 2 is 2.09 bits per heavy atom. The molecule has 0 radical (unpaired) electrons. The largest absolute Gasteiger partial charge is 0.415 e. The van der Waals surface area contributed by atoms with Crippen molar-refractivity contribution < 1.29 is 18.0 Å². The van der Waals surface area contributed by atoms with Gasteiger partial charge in [0, 0.05) is 7.05 Å². The predicted octanol–water partition coefficient (Wildman–Crippen LogP) is 1.95. The quantitative estimate of drug-likeness (QED) is 0.922. The molecule has 1 aliphatic rings. The molecular weight excluding hydrogens is 297 g/mol. The van der Waals surface area contributed by atoms with Crippen molar-refractivity contribution in [3.05, 3.63) is 47.5 Å². The number of carbonyl (C=O) groups is 1. The molecule has 0 spiro atoms. The first-order valence-corrected chi connectivity index (χ1v) is 6.67. The third-order valence-corrected chi connectivity index (χ3v) is 3.86. The number of aryl methyl sites for hydroxylation is 2. The van der Waals surface area contributed by atoms with Gasteiger partial charge in [0.15, 0.2) is 5.54 Å². The number of carbonyl (C=O) groups excluding carboxylic acids is 1. The number of halogens is 3. The molecule has 8 heteroatoms. The number of benzene rings is 1. The van der Waals surface area contributed by atoms with Gasteiger partial charge in [0.25, 0.3) is 5.91 Å². The molecule has 1 N–H and O–H groups in total. The number of amides is 1. The molecule has 0 bridgehead atoms. The highest BCUT2D eigenvalue weighted by Crippen LogP contribution is 2.48. The molecule has 22 heavy (non-hydrogen) atoms. The van der Waals surface area contributed by atoms with E-state index in [9.17, 15) is 18.0 Å². The van der Waals surface area contributed by atoms with E-state index in [-0.39, 0.29) is 24.2 Å². The van der Waals surface area contributed by atoms with Gasteiger partial charge in [0.2, 0.25) is 5.82 Å². The number of nitrogens with zero attached hydrogens (tertiary/aromatic N) is 3. The Labute approximate surface area is 124 Å². The molecule has 0 saturated heterocycles. The highest BCUT2D eigenvalue weighted by atomic mass is 19.4. The van der Waals surface area contributed by atoms with E-state index in [1.165, 1.54) is 30.2 Å². The van der Waals surface area contributed by atoms with Crippen LogP contribution in [0.25, 0.3) is 0 Å². The zero-order valence-electron chi connectivity index (χ0n) is 11.7. The van der Waals surface area contributed by atoms with Gasteiger partial charge in [-0.2, -0.15) is 13.2 Å². The summed E-state index contributed by atoms with van der Waals surface area (Å²) in [6, 6.07) is 6.28. The zero-order chi connectivity index (χ0) is 16.0.